The van der Waals surface area contributed by atoms with Crippen molar-refractivity contribution in [3.05, 3.63) is 70.1 Å². The van der Waals surface area contributed by atoms with Gasteiger partial charge in [0.25, 0.3) is 5.91 Å². The number of nitrogens with two attached hydrogens (primary N) is 1. The van der Waals surface area contributed by atoms with Crippen LogP contribution in [0, 0.1) is 5.92 Å². The van der Waals surface area contributed by atoms with E-state index in [1.165, 1.54) is 0 Å². The molecule has 2 amide bonds. The van der Waals surface area contributed by atoms with Crippen LogP contribution in [0.15, 0.2) is 69.5 Å². The molecule has 1 saturated carbocycles. The summed E-state index contributed by atoms with van der Waals surface area (Å²) in [6.45, 7) is 0. The highest BCUT2D eigenvalue weighted by Crippen LogP contribution is 2.37. The largest absolute Gasteiger partial charge is 0.507 e. The van der Waals surface area contributed by atoms with E-state index in [2.05, 4.69) is 15.6 Å². The fourth-order valence-corrected chi connectivity index (χ4v) is 4.50. The van der Waals surface area contributed by atoms with Crippen LogP contribution in [-0.2, 0) is 24.0 Å². The van der Waals surface area contributed by atoms with Crippen LogP contribution in [0.1, 0.15) is 18.0 Å². The van der Waals surface area contributed by atoms with Gasteiger partial charge in [-0.05, 0) is 24.1 Å². The number of amides is 2. The van der Waals surface area contributed by atoms with Gasteiger partial charge in [-0.2, -0.15) is 0 Å². The van der Waals surface area contributed by atoms with Crippen LogP contribution in [-0.4, -0.2) is 57.4 Å². The van der Waals surface area contributed by atoms with Gasteiger partial charge in [-0.25, -0.2) is 4.79 Å². The fourth-order valence-electron chi connectivity index (χ4n) is 4.20. The molecule has 0 spiro atoms. The molecule has 0 aromatic heterocycles. The number of hydrogen-bond acceptors (Lipinski definition) is 8. The highest BCUT2D eigenvalue weighted by Gasteiger charge is 2.54. The van der Waals surface area contributed by atoms with Gasteiger partial charge in [0.15, 0.2) is 11.8 Å². The molecule has 6 N–H and O–H groups in total. The number of fused-ring (bicyclic) bond motifs is 1. The third-order valence-corrected chi connectivity index (χ3v) is 6.29. The zero-order valence-electron chi connectivity index (χ0n) is 17.9. The summed E-state index contributed by atoms with van der Waals surface area (Å²) in [5.74, 6) is -5.46. The Morgan fingerprint density at radius 2 is 1.86 bits per heavy atom. The van der Waals surface area contributed by atoms with Crippen molar-refractivity contribution in [1.82, 2.24) is 10.6 Å². The number of Topliss-reactive ketones (excluding diaryl/α,β-unsaturated/α-hetero) is 1. The Labute approximate surface area is 203 Å². The van der Waals surface area contributed by atoms with Gasteiger partial charge in [0.1, 0.15) is 28.8 Å². The molecule has 1 fully saturated rings. The maximum atomic E-state index is 13.3. The molecular formula is C23H19ClN4O7. The normalized spacial score (nSPS) is 25.5. The van der Waals surface area contributed by atoms with E-state index in [1.54, 1.807) is 30.3 Å². The molecule has 180 valence electrons. The lowest BCUT2D eigenvalue weighted by atomic mass is 9.69. The first-order valence-electron chi connectivity index (χ1n) is 10.4. The predicted molar refractivity (Wildman–Crippen MR) is 122 cm³/mol. The summed E-state index contributed by atoms with van der Waals surface area (Å²) in [5, 5.41) is 24.6. The number of carbonyl (C=O) groups excluding carboxylic acids is 4. The molecular weight excluding hydrogens is 480 g/mol. The summed E-state index contributed by atoms with van der Waals surface area (Å²) >= 11 is 5.97. The summed E-state index contributed by atoms with van der Waals surface area (Å²) in [6.07, 6.45) is 2.01. The number of nitrogens with zero attached hydrogens (tertiary/aromatic N) is 1. The van der Waals surface area contributed by atoms with Crippen LogP contribution in [0.3, 0.4) is 0 Å². The number of benzene rings is 1. The highest BCUT2D eigenvalue weighted by molar-refractivity contribution is 6.55. The molecule has 1 aromatic carbocycles. The minimum atomic E-state index is -1.39. The van der Waals surface area contributed by atoms with Crippen molar-refractivity contribution < 1.29 is 34.2 Å². The number of aliphatic hydroxyl groups excluding tert-OH is 1. The zero-order valence-corrected chi connectivity index (χ0v) is 18.7. The van der Waals surface area contributed by atoms with E-state index < -0.39 is 64.7 Å². The van der Waals surface area contributed by atoms with Crippen LogP contribution in [0.5, 0.6) is 0 Å². The summed E-state index contributed by atoms with van der Waals surface area (Å²) in [4.78, 5) is 65.9. The van der Waals surface area contributed by atoms with Crippen LogP contribution in [0.2, 0.25) is 0 Å². The summed E-state index contributed by atoms with van der Waals surface area (Å²) in [5.41, 5.74) is 4.36. The van der Waals surface area contributed by atoms with Crippen LogP contribution in [0.25, 0.3) is 0 Å². The highest BCUT2D eigenvalue weighted by atomic mass is 35.5. The van der Waals surface area contributed by atoms with Gasteiger partial charge in [-0.1, -0.05) is 41.9 Å². The minimum Gasteiger partial charge on any atom is -0.507 e. The van der Waals surface area contributed by atoms with Crippen molar-refractivity contribution in [2.24, 2.45) is 16.6 Å². The lowest BCUT2D eigenvalue weighted by Crippen LogP contribution is -2.71. The standard InChI is InChI=1S/C23H19ClN4O7/c24-11-8-10-16(27-17(11)23(34)35)19(20(10)31)28-22(33)15(9-4-2-1-3-5-9)26-18-13(30)7-6-12(29)14(18)21(25)32/h1-7,10,15-16,19,27,29H,8H2,(H2,25,32)(H,28,33)(H,34,35). The van der Waals surface area contributed by atoms with E-state index >= 15 is 0 Å². The second-order valence-corrected chi connectivity index (χ2v) is 8.52. The van der Waals surface area contributed by atoms with Crippen molar-refractivity contribution in [3.8, 4) is 0 Å². The molecule has 4 atom stereocenters. The topological polar surface area (TPSA) is 188 Å². The van der Waals surface area contributed by atoms with Crippen LogP contribution in [0.4, 0.5) is 0 Å². The molecule has 4 unspecified atom stereocenters. The molecule has 2 aliphatic carbocycles. The third-order valence-electron chi connectivity index (χ3n) is 5.94. The quantitative estimate of drug-likeness (QED) is 0.343. The molecule has 12 heteroatoms. The Bertz CT molecular complexity index is 1280. The molecule has 35 heavy (non-hydrogen) atoms. The molecule has 0 radical (unpaired) electrons. The van der Waals surface area contributed by atoms with Gasteiger partial charge >= 0.3 is 5.97 Å². The van der Waals surface area contributed by atoms with Gasteiger partial charge in [0.05, 0.1) is 6.04 Å². The smallest absolute Gasteiger partial charge is 0.353 e. The summed E-state index contributed by atoms with van der Waals surface area (Å²) < 4.78 is 0. The Morgan fingerprint density at radius 3 is 2.49 bits per heavy atom. The lowest BCUT2D eigenvalue weighted by molar-refractivity contribution is -0.141. The maximum Gasteiger partial charge on any atom is 0.353 e. The average Bonchev–Trinajstić information content (AvgIpc) is 2.82. The van der Waals surface area contributed by atoms with E-state index in [0.717, 1.165) is 12.2 Å². The number of hydrogen-bond donors (Lipinski definition) is 5. The monoisotopic (exact) mass is 498 g/mol. The second kappa shape index (κ2) is 9.18. The van der Waals surface area contributed by atoms with Crippen LogP contribution < -0.4 is 16.4 Å². The fraction of sp³-hybridized carbons (Fsp3) is 0.217. The van der Waals surface area contributed by atoms with Crippen molar-refractivity contribution in [2.45, 2.75) is 24.5 Å². The first-order chi connectivity index (χ1) is 16.6. The third kappa shape index (κ3) is 4.33. The first-order valence-corrected chi connectivity index (χ1v) is 10.8. The van der Waals surface area contributed by atoms with Crippen molar-refractivity contribution in [2.75, 3.05) is 0 Å². The molecule has 0 bridgehead atoms. The minimum absolute atomic E-state index is 0.0138. The molecule has 11 nitrogen and oxygen atoms in total. The average molecular weight is 499 g/mol. The first kappa shape index (κ1) is 23.9. The molecule has 1 aliphatic heterocycles. The number of rotatable bonds is 6. The summed E-state index contributed by atoms with van der Waals surface area (Å²) in [7, 11) is 0. The van der Waals surface area contributed by atoms with Gasteiger partial charge < -0.3 is 26.6 Å². The molecule has 1 aromatic rings. The molecule has 1 heterocycles. The number of allylic oxidation sites excluding steroid dienone is 3. The number of primary amides is 1. The maximum absolute atomic E-state index is 13.3. The number of carboxylic acid groups (broad SMARTS) is 1. The number of ketones is 2. The Kier molecular flexibility index (Phi) is 6.27. The van der Waals surface area contributed by atoms with E-state index in [0.29, 0.717) is 5.56 Å². The van der Waals surface area contributed by atoms with Crippen molar-refractivity contribution in [3.63, 3.8) is 0 Å². The molecule has 4 rings (SSSR count). The van der Waals surface area contributed by atoms with Gasteiger partial charge in [-0.3, -0.25) is 24.2 Å². The number of carboxylic acids is 1. The van der Waals surface area contributed by atoms with Crippen molar-refractivity contribution in [1.29, 1.82) is 0 Å². The summed E-state index contributed by atoms with van der Waals surface area (Å²) in [6, 6.07) is 4.89. The van der Waals surface area contributed by atoms with Gasteiger partial charge in [-0.15, -0.1) is 0 Å². The number of halogens is 1. The predicted octanol–water partition coefficient (Wildman–Crippen LogP) is 0.186. The van der Waals surface area contributed by atoms with Crippen molar-refractivity contribution >= 4 is 46.7 Å². The molecule has 0 saturated heterocycles. The van der Waals surface area contributed by atoms with Gasteiger partial charge in [0, 0.05) is 11.0 Å². The van der Waals surface area contributed by atoms with E-state index in [1.807, 2.05) is 0 Å². The van der Waals surface area contributed by atoms with Crippen LogP contribution >= 0.6 is 11.6 Å². The van der Waals surface area contributed by atoms with E-state index in [9.17, 15) is 34.2 Å². The van der Waals surface area contributed by atoms with E-state index in [4.69, 9.17) is 17.3 Å². The SMILES string of the molecule is NC(=O)C1=C(O)C=CC(=O)C1=NC(C(=O)NC1C(=O)C2CC(Cl)=C(C(=O)O)NC21)c1ccccc1. The molecule has 3 aliphatic rings. The Hall–Kier alpha value is -4.25. The lowest BCUT2D eigenvalue weighted by Gasteiger charge is -2.46. The number of carbonyl (C=O) groups is 5. The zero-order chi connectivity index (χ0) is 25.4. The Morgan fingerprint density at radius 1 is 1.17 bits per heavy atom. The van der Waals surface area contributed by atoms with Gasteiger partial charge in [0.2, 0.25) is 11.7 Å². The second-order valence-electron chi connectivity index (χ2n) is 8.07. The number of nitrogens with one attached hydrogen (secondary N) is 2. The van der Waals surface area contributed by atoms with E-state index in [-0.39, 0.29) is 22.9 Å². The number of aliphatic carboxylic acids is 1. The number of aliphatic imine (C=N–C) groups is 1. The number of aliphatic hydroxyl groups is 1. The Balaban J connectivity index is 1.66.